The van der Waals surface area contributed by atoms with Gasteiger partial charge in [0.25, 0.3) is 6.04 Å². The van der Waals surface area contributed by atoms with Crippen LogP contribution in [-0.4, -0.2) is 21.4 Å². The van der Waals surface area contributed by atoms with Crippen LogP contribution in [0.4, 0.5) is 0 Å². The first-order chi connectivity index (χ1) is 5.15. The third-order valence-electron chi connectivity index (χ3n) is 1.13. The third kappa shape index (κ3) is 1.63. The number of carbonyl (C=O) groups is 1. The van der Waals surface area contributed by atoms with E-state index in [1.165, 1.54) is 6.08 Å². The second kappa shape index (κ2) is 3.10. The summed E-state index contributed by atoms with van der Waals surface area (Å²) in [5.41, 5.74) is 0. The first-order valence-electron chi connectivity index (χ1n) is 2.67. The van der Waals surface area contributed by atoms with Gasteiger partial charge in [-0.2, -0.15) is 0 Å². The van der Waals surface area contributed by atoms with E-state index >= 15 is 0 Å². The van der Waals surface area contributed by atoms with Crippen molar-refractivity contribution in [2.24, 2.45) is 0 Å². The van der Waals surface area contributed by atoms with E-state index in [1.54, 1.807) is 0 Å². The van der Waals surface area contributed by atoms with Gasteiger partial charge in [-0.1, -0.05) is 24.0 Å². The van der Waals surface area contributed by atoms with Crippen molar-refractivity contribution in [1.29, 1.82) is 0 Å². The topological polar surface area (TPSA) is 60.2 Å². The lowest BCUT2D eigenvalue weighted by molar-refractivity contribution is -0.488. The van der Waals surface area contributed by atoms with Gasteiger partial charge in [0, 0.05) is 11.0 Å². The Morgan fingerprint density at radius 2 is 2.45 bits per heavy atom. The minimum absolute atomic E-state index is 0.233. The van der Waals surface area contributed by atoms with Gasteiger partial charge in [0.15, 0.2) is 6.29 Å². The molecule has 0 bridgehead atoms. The molecule has 1 atom stereocenters. The van der Waals surface area contributed by atoms with Crippen molar-refractivity contribution < 1.29 is 9.72 Å². The standard InChI is InChI=1S/C5H3NO3S2/c7-2-3-1-4(6(8)9)5(10)11-3/h1-2,4H. The van der Waals surface area contributed by atoms with Gasteiger partial charge in [-0.3, -0.25) is 14.9 Å². The van der Waals surface area contributed by atoms with Gasteiger partial charge in [0.05, 0.1) is 4.91 Å². The molecule has 1 rings (SSSR count). The molecule has 0 aromatic rings. The van der Waals surface area contributed by atoms with Gasteiger partial charge in [-0.05, 0) is 0 Å². The molecule has 0 aliphatic carbocycles. The molecule has 0 amide bonds. The predicted octanol–water partition coefficient (Wildman–Crippen LogP) is 0.789. The fourth-order valence-electron chi connectivity index (χ4n) is 0.644. The fraction of sp³-hybridized carbons (Fsp3) is 0.200. The third-order valence-corrected chi connectivity index (χ3v) is 2.53. The predicted molar refractivity (Wildman–Crippen MR) is 45.1 cm³/mol. The summed E-state index contributed by atoms with van der Waals surface area (Å²) in [6.45, 7) is 0. The van der Waals surface area contributed by atoms with Crippen molar-refractivity contribution >= 4 is 34.5 Å². The molecule has 11 heavy (non-hydrogen) atoms. The molecule has 0 saturated heterocycles. The number of aldehydes is 1. The van der Waals surface area contributed by atoms with E-state index in [0.717, 1.165) is 11.8 Å². The Kier molecular flexibility index (Phi) is 2.35. The number of thiocarbonyl (C=S) groups is 1. The van der Waals surface area contributed by atoms with Gasteiger partial charge < -0.3 is 0 Å². The molecule has 1 unspecified atom stereocenters. The molecule has 6 heteroatoms. The first kappa shape index (κ1) is 8.35. The van der Waals surface area contributed by atoms with Gasteiger partial charge in [0.1, 0.15) is 4.20 Å². The highest BCUT2D eigenvalue weighted by Crippen LogP contribution is 2.27. The van der Waals surface area contributed by atoms with Crippen molar-refractivity contribution in [3.8, 4) is 0 Å². The number of allylic oxidation sites excluding steroid dienone is 1. The number of hydrogen-bond acceptors (Lipinski definition) is 5. The number of thioether (sulfide) groups is 1. The summed E-state index contributed by atoms with van der Waals surface area (Å²) in [6, 6.07) is -0.963. The zero-order valence-corrected chi connectivity index (χ0v) is 6.85. The van der Waals surface area contributed by atoms with Crippen LogP contribution in [0.15, 0.2) is 11.0 Å². The second-order valence-corrected chi connectivity index (χ2v) is 3.65. The summed E-state index contributed by atoms with van der Waals surface area (Å²) in [5, 5.41) is 10.2. The van der Waals surface area contributed by atoms with Crippen molar-refractivity contribution in [3.05, 3.63) is 21.1 Å². The number of nitrogens with zero attached hydrogens (tertiary/aromatic N) is 1. The van der Waals surface area contributed by atoms with Crippen LogP contribution in [0.2, 0.25) is 0 Å². The fourth-order valence-corrected chi connectivity index (χ4v) is 1.84. The van der Waals surface area contributed by atoms with E-state index < -0.39 is 11.0 Å². The maximum Gasteiger partial charge on any atom is 0.273 e. The van der Waals surface area contributed by atoms with Crippen LogP contribution >= 0.6 is 24.0 Å². The van der Waals surface area contributed by atoms with Crippen LogP contribution in [0.5, 0.6) is 0 Å². The lowest BCUT2D eigenvalue weighted by atomic mass is 10.3. The largest absolute Gasteiger partial charge is 0.297 e. The molecule has 4 nitrogen and oxygen atoms in total. The van der Waals surface area contributed by atoms with E-state index in [1.807, 2.05) is 0 Å². The minimum Gasteiger partial charge on any atom is -0.297 e. The Hall–Kier alpha value is -0.750. The highest BCUT2D eigenvalue weighted by molar-refractivity contribution is 8.26. The van der Waals surface area contributed by atoms with Crippen LogP contribution in [0.25, 0.3) is 0 Å². The average molecular weight is 189 g/mol. The average Bonchev–Trinajstić information content (AvgIpc) is 2.30. The summed E-state index contributed by atoms with van der Waals surface area (Å²) >= 11 is 5.66. The number of nitro groups is 1. The Labute approximate surface area is 71.8 Å². The number of rotatable bonds is 2. The molecule has 0 aromatic heterocycles. The molecule has 0 N–H and O–H groups in total. The van der Waals surface area contributed by atoms with Gasteiger partial charge >= 0.3 is 0 Å². The van der Waals surface area contributed by atoms with E-state index in [2.05, 4.69) is 12.2 Å². The molecule has 58 valence electrons. The molecular formula is C5H3NO3S2. The summed E-state index contributed by atoms with van der Waals surface area (Å²) in [4.78, 5) is 20.2. The zero-order valence-electron chi connectivity index (χ0n) is 5.22. The maximum atomic E-state index is 10.2. The quantitative estimate of drug-likeness (QED) is 0.278. The smallest absolute Gasteiger partial charge is 0.273 e. The summed E-state index contributed by atoms with van der Waals surface area (Å²) in [7, 11) is 0. The lowest BCUT2D eigenvalue weighted by Gasteiger charge is -1.95. The first-order valence-corrected chi connectivity index (χ1v) is 3.90. The van der Waals surface area contributed by atoms with Gasteiger partial charge in [-0.15, -0.1) is 0 Å². The summed E-state index contributed by atoms with van der Waals surface area (Å²) in [5.74, 6) is 0. The van der Waals surface area contributed by atoms with Crippen molar-refractivity contribution in [2.75, 3.05) is 0 Å². The molecule has 0 aromatic carbocycles. The van der Waals surface area contributed by atoms with Crippen molar-refractivity contribution in [2.45, 2.75) is 6.04 Å². The van der Waals surface area contributed by atoms with Crippen LogP contribution in [0.1, 0.15) is 0 Å². The molecule has 1 aliphatic heterocycles. The van der Waals surface area contributed by atoms with Crippen LogP contribution in [-0.2, 0) is 4.79 Å². The minimum atomic E-state index is -0.963. The van der Waals surface area contributed by atoms with Gasteiger partial charge in [0.2, 0.25) is 0 Å². The van der Waals surface area contributed by atoms with E-state index in [0.29, 0.717) is 11.2 Å². The van der Waals surface area contributed by atoms with E-state index in [9.17, 15) is 14.9 Å². The Bertz CT molecular complexity index is 260. The van der Waals surface area contributed by atoms with Crippen LogP contribution in [0, 0.1) is 10.1 Å². The molecule has 0 fully saturated rings. The number of hydrogen-bond donors (Lipinski definition) is 0. The highest BCUT2D eigenvalue weighted by Gasteiger charge is 2.31. The van der Waals surface area contributed by atoms with Crippen LogP contribution < -0.4 is 0 Å². The number of carbonyl (C=O) groups excluding carboxylic acids is 1. The lowest BCUT2D eigenvalue weighted by Crippen LogP contribution is -2.20. The Morgan fingerprint density at radius 1 is 1.82 bits per heavy atom. The second-order valence-electron chi connectivity index (χ2n) is 1.84. The molecule has 1 aliphatic rings. The molecule has 0 saturated carbocycles. The Balaban J connectivity index is 2.83. The normalized spacial score (nSPS) is 23.1. The van der Waals surface area contributed by atoms with E-state index in [4.69, 9.17) is 0 Å². The van der Waals surface area contributed by atoms with Crippen molar-refractivity contribution in [1.82, 2.24) is 0 Å². The Morgan fingerprint density at radius 3 is 2.73 bits per heavy atom. The highest BCUT2D eigenvalue weighted by atomic mass is 32.2. The molecular weight excluding hydrogens is 186 g/mol. The SMILES string of the molecule is O=CC1=CC([N+](=O)[O-])C(=S)S1. The molecule has 0 radical (unpaired) electrons. The molecule has 1 heterocycles. The summed E-state index contributed by atoms with van der Waals surface area (Å²) in [6.07, 6.45) is 1.83. The van der Waals surface area contributed by atoms with Crippen LogP contribution in [0.3, 0.4) is 0 Å². The zero-order chi connectivity index (χ0) is 8.43. The summed E-state index contributed by atoms with van der Waals surface area (Å²) < 4.78 is 0.233. The maximum absolute atomic E-state index is 10.2. The monoisotopic (exact) mass is 189 g/mol. The molecule has 0 spiro atoms. The van der Waals surface area contributed by atoms with Gasteiger partial charge in [-0.25, -0.2) is 0 Å². The van der Waals surface area contributed by atoms with E-state index in [-0.39, 0.29) is 4.20 Å². The van der Waals surface area contributed by atoms with Crippen molar-refractivity contribution in [3.63, 3.8) is 0 Å².